The van der Waals surface area contributed by atoms with Gasteiger partial charge in [-0.05, 0) is 51.7 Å². The van der Waals surface area contributed by atoms with Crippen molar-refractivity contribution in [2.75, 3.05) is 85.3 Å². The van der Waals surface area contributed by atoms with Crippen LogP contribution in [0.3, 0.4) is 0 Å². The van der Waals surface area contributed by atoms with Crippen molar-refractivity contribution in [2.45, 2.75) is 51.9 Å². The summed E-state index contributed by atoms with van der Waals surface area (Å²) < 4.78 is 0. The average Bonchev–Trinajstić information content (AvgIpc) is 2.81. The molecule has 0 rings (SSSR count). The number of hydrogen-bond acceptors (Lipinski definition) is 7. The van der Waals surface area contributed by atoms with Crippen LogP contribution in [0.2, 0.25) is 0 Å². The monoisotopic (exact) mass is 490 g/mol. The third-order valence-corrected chi connectivity index (χ3v) is 5.34. The van der Waals surface area contributed by atoms with Gasteiger partial charge in [0.25, 0.3) is 0 Å². The zero-order valence-corrected chi connectivity index (χ0v) is 21.2. The van der Waals surface area contributed by atoms with Crippen LogP contribution in [0.25, 0.3) is 0 Å². The topological polar surface area (TPSA) is 149 Å². The molecule has 0 saturated carbocycles. The Bertz CT molecular complexity index is 433. The summed E-state index contributed by atoms with van der Waals surface area (Å²) in [5.41, 5.74) is 0. The molecule has 0 aliphatic rings. The van der Waals surface area contributed by atoms with Gasteiger partial charge in [-0.1, -0.05) is 19.8 Å². The molecule has 11 heteroatoms. The van der Waals surface area contributed by atoms with Crippen molar-refractivity contribution in [3.8, 4) is 0 Å². The van der Waals surface area contributed by atoms with E-state index in [4.69, 9.17) is 15.3 Å². The summed E-state index contributed by atoms with van der Waals surface area (Å²) in [5.74, 6) is 0. The lowest BCUT2D eigenvalue weighted by Crippen LogP contribution is -2.38. The van der Waals surface area contributed by atoms with Crippen molar-refractivity contribution in [1.82, 2.24) is 31.1 Å². The average molecular weight is 491 g/mol. The molecule has 0 aromatic rings. The van der Waals surface area contributed by atoms with Crippen LogP contribution in [0.1, 0.15) is 51.9 Å². The quantitative estimate of drug-likeness (QED) is 0.0990. The summed E-state index contributed by atoms with van der Waals surface area (Å²) in [5, 5.41) is 38.4. The molecule has 0 aromatic heterocycles. The third-order valence-electron chi connectivity index (χ3n) is 5.34. The molecule has 0 heterocycles. The molecule has 202 valence electrons. The van der Waals surface area contributed by atoms with Gasteiger partial charge in [0.05, 0.1) is 19.8 Å². The van der Waals surface area contributed by atoms with E-state index in [-0.39, 0.29) is 31.9 Å². The van der Waals surface area contributed by atoms with Crippen molar-refractivity contribution < 1.29 is 24.9 Å². The summed E-state index contributed by atoms with van der Waals surface area (Å²) in [6.45, 7) is 9.09. The Kier molecular flexibility index (Phi) is 23.3. The zero-order valence-electron chi connectivity index (χ0n) is 21.2. The first-order valence-electron chi connectivity index (χ1n) is 12.9. The number of hydrogen-bond donors (Lipinski definition) is 7. The summed E-state index contributed by atoms with van der Waals surface area (Å²) in [6, 6.07) is -0.318. The zero-order chi connectivity index (χ0) is 25.3. The lowest BCUT2D eigenvalue weighted by atomic mass is 10.2. The number of unbranched alkanes of at least 4 members (excludes halogenated alkanes) is 3. The maximum absolute atomic E-state index is 11.8. The number of rotatable bonds is 23. The van der Waals surface area contributed by atoms with Crippen LogP contribution in [-0.4, -0.2) is 122 Å². The van der Waals surface area contributed by atoms with Crippen molar-refractivity contribution >= 4 is 12.1 Å². The Morgan fingerprint density at radius 1 is 0.529 bits per heavy atom. The summed E-state index contributed by atoms with van der Waals surface area (Å²) >= 11 is 0. The van der Waals surface area contributed by atoms with E-state index in [9.17, 15) is 9.59 Å². The fourth-order valence-electron chi connectivity index (χ4n) is 3.55. The van der Waals surface area contributed by atoms with Crippen LogP contribution in [-0.2, 0) is 0 Å². The number of nitrogens with one attached hydrogen (secondary N) is 4. The van der Waals surface area contributed by atoms with Crippen LogP contribution in [0.15, 0.2) is 0 Å². The highest BCUT2D eigenvalue weighted by Gasteiger charge is 2.05. The fourth-order valence-corrected chi connectivity index (χ4v) is 3.55. The molecular weight excluding hydrogens is 440 g/mol. The van der Waals surface area contributed by atoms with E-state index in [1.807, 2.05) is 4.90 Å². The normalized spacial score (nSPS) is 11.1. The van der Waals surface area contributed by atoms with E-state index < -0.39 is 0 Å². The molecule has 0 radical (unpaired) electrons. The molecule has 7 N–H and O–H groups in total. The molecule has 0 aromatic carbocycles. The first-order valence-corrected chi connectivity index (χ1v) is 12.9. The molecule has 0 saturated heterocycles. The van der Waals surface area contributed by atoms with Gasteiger partial charge < -0.3 is 41.5 Å². The highest BCUT2D eigenvalue weighted by Crippen LogP contribution is 1.98. The fraction of sp³-hybridized carbons (Fsp3) is 0.913. The smallest absolute Gasteiger partial charge is 0.314 e. The first kappa shape index (κ1) is 32.3. The third kappa shape index (κ3) is 20.9. The van der Waals surface area contributed by atoms with Gasteiger partial charge in [-0.15, -0.1) is 0 Å². The molecule has 0 atom stereocenters. The molecule has 0 fully saturated rings. The van der Waals surface area contributed by atoms with Gasteiger partial charge in [-0.3, -0.25) is 4.90 Å². The number of amides is 4. The van der Waals surface area contributed by atoms with Gasteiger partial charge in [0.1, 0.15) is 0 Å². The number of carbonyl (C=O) groups is 2. The lowest BCUT2D eigenvalue weighted by molar-refractivity contribution is 0.159. The van der Waals surface area contributed by atoms with E-state index in [0.717, 1.165) is 64.6 Å². The molecule has 34 heavy (non-hydrogen) atoms. The molecule has 11 nitrogen and oxygen atoms in total. The van der Waals surface area contributed by atoms with Crippen molar-refractivity contribution in [3.05, 3.63) is 0 Å². The van der Waals surface area contributed by atoms with Gasteiger partial charge in [-0.2, -0.15) is 0 Å². The summed E-state index contributed by atoms with van der Waals surface area (Å²) in [4.78, 5) is 27.7. The summed E-state index contributed by atoms with van der Waals surface area (Å²) in [6.07, 6.45) is 6.44. The van der Waals surface area contributed by atoms with Crippen LogP contribution >= 0.6 is 0 Å². The van der Waals surface area contributed by atoms with Crippen LogP contribution in [0.4, 0.5) is 9.59 Å². The number of nitrogens with zero attached hydrogens (tertiary/aromatic N) is 2. The molecule has 0 unspecified atom stereocenters. The Hall–Kier alpha value is -1.66. The van der Waals surface area contributed by atoms with E-state index in [2.05, 4.69) is 33.1 Å². The van der Waals surface area contributed by atoms with Crippen molar-refractivity contribution in [3.63, 3.8) is 0 Å². The number of aliphatic hydroxyl groups is 3. The van der Waals surface area contributed by atoms with Crippen molar-refractivity contribution in [2.24, 2.45) is 0 Å². The molecular formula is C23H50N6O5. The Balaban J connectivity index is 3.51. The minimum atomic E-state index is -0.177. The number of carbonyl (C=O) groups excluding carboxylic acids is 2. The largest absolute Gasteiger partial charge is 0.395 e. The van der Waals surface area contributed by atoms with Gasteiger partial charge in [-0.25, -0.2) is 9.59 Å². The van der Waals surface area contributed by atoms with Crippen LogP contribution in [0, 0.1) is 0 Å². The summed E-state index contributed by atoms with van der Waals surface area (Å²) in [7, 11) is 0. The predicted molar refractivity (Wildman–Crippen MR) is 135 cm³/mol. The SMILES string of the molecule is CCCN(CCO)CCCNC(=O)NCCCCCCNC(=O)NCCCN(CCO)CCO. The minimum Gasteiger partial charge on any atom is -0.395 e. The van der Waals surface area contributed by atoms with E-state index in [1.54, 1.807) is 0 Å². The Morgan fingerprint density at radius 2 is 0.882 bits per heavy atom. The van der Waals surface area contributed by atoms with E-state index >= 15 is 0 Å². The molecule has 0 aliphatic carbocycles. The second-order valence-corrected chi connectivity index (χ2v) is 8.34. The first-order chi connectivity index (χ1) is 16.6. The van der Waals surface area contributed by atoms with Gasteiger partial charge in [0.15, 0.2) is 0 Å². The minimum absolute atomic E-state index is 0.0576. The van der Waals surface area contributed by atoms with Crippen molar-refractivity contribution in [1.29, 1.82) is 0 Å². The highest BCUT2D eigenvalue weighted by atomic mass is 16.3. The molecule has 0 bridgehead atoms. The van der Waals surface area contributed by atoms with Gasteiger partial charge >= 0.3 is 12.1 Å². The predicted octanol–water partition coefficient (Wildman–Crippen LogP) is -0.0837. The number of aliphatic hydroxyl groups excluding tert-OH is 3. The molecule has 0 spiro atoms. The highest BCUT2D eigenvalue weighted by molar-refractivity contribution is 5.74. The van der Waals surface area contributed by atoms with Gasteiger partial charge in [0, 0.05) is 45.8 Å². The van der Waals surface area contributed by atoms with Crippen LogP contribution in [0.5, 0.6) is 0 Å². The standard InChI is InChI=1S/C23H50N6O5/c1-2-13-28(16-19-30)14-7-11-26-22(33)24-9-5-3-4-6-10-25-23(34)27-12-8-15-29(17-20-31)18-21-32/h30-32H,2-21H2,1H3,(H2,24,26,33)(H2,25,27,34). The molecule has 4 amide bonds. The lowest BCUT2D eigenvalue weighted by Gasteiger charge is -2.20. The number of urea groups is 2. The van der Waals surface area contributed by atoms with E-state index in [0.29, 0.717) is 45.8 Å². The Labute approximate surface area is 205 Å². The van der Waals surface area contributed by atoms with E-state index in [1.165, 1.54) is 0 Å². The van der Waals surface area contributed by atoms with Gasteiger partial charge in [0.2, 0.25) is 0 Å². The second-order valence-electron chi connectivity index (χ2n) is 8.34. The second kappa shape index (κ2) is 24.5. The van der Waals surface area contributed by atoms with Crippen LogP contribution < -0.4 is 21.3 Å². The maximum Gasteiger partial charge on any atom is 0.314 e. The Morgan fingerprint density at radius 3 is 1.24 bits per heavy atom. The maximum atomic E-state index is 11.8. The molecule has 0 aliphatic heterocycles.